The van der Waals surface area contributed by atoms with Crippen LogP contribution in [-0.2, 0) is 0 Å². The predicted octanol–water partition coefficient (Wildman–Crippen LogP) is 1.01. The molecule has 5 heteroatoms. The molecule has 0 atom stereocenters. The molecule has 0 unspecified atom stereocenters. The van der Waals surface area contributed by atoms with E-state index in [4.69, 9.17) is 10.2 Å². The average molecular weight is 249 g/mol. The van der Waals surface area contributed by atoms with Gasteiger partial charge in [0.05, 0.1) is 17.7 Å². The van der Waals surface area contributed by atoms with Crippen molar-refractivity contribution in [3.05, 3.63) is 48.0 Å². The van der Waals surface area contributed by atoms with E-state index < -0.39 is 11.9 Å². The van der Waals surface area contributed by atoms with Crippen LogP contribution in [0, 0.1) is 0 Å². The molecule has 0 aromatic heterocycles. The third-order valence-corrected chi connectivity index (χ3v) is 2.39. The number of carboxylic acid groups (broad SMARTS) is 1. The lowest BCUT2D eigenvalue weighted by Gasteiger charge is -2.20. The van der Waals surface area contributed by atoms with Crippen molar-refractivity contribution in [3.8, 4) is 0 Å². The molecule has 18 heavy (non-hydrogen) atoms. The molecule has 0 heterocycles. The van der Waals surface area contributed by atoms with Crippen LogP contribution >= 0.6 is 0 Å². The van der Waals surface area contributed by atoms with Crippen LogP contribution < -0.4 is 0 Å². The van der Waals surface area contributed by atoms with Crippen LogP contribution in [-0.4, -0.2) is 46.7 Å². The first-order valence-corrected chi connectivity index (χ1v) is 5.45. The van der Waals surface area contributed by atoms with Crippen LogP contribution in [0.2, 0.25) is 0 Å². The van der Waals surface area contributed by atoms with E-state index in [1.165, 1.54) is 23.1 Å². The highest BCUT2D eigenvalue weighted by atomic mass is 16.4. The minimum Gasteiger partial charge on any atom is -0.478 e. The fraction of sp³-hybridized carbons (Fsp3) is 0.231. The number of carbonyl (C=O) groups is 2. The zero-order chi connectivity index (χ0) is 13.5. The summed E-state index contributed by atoms with van der Waals surface area (Å²) in [5.41, 5.74) is 0.0646. The Morgan fingerprint density at radius 1 is 1.28 bits per heavy atom. The maximum atomic E-state index is 12.2. The monoisotopic (exact) mass is 249 g/mol. The maximum Gasteiger partial charge on any atom is 0.336 e. The number of benzene rings is 1. The Kier molecular flexibility index (Phi) is 5.07. The molecule has 1 aromatic carbocycles. The molecule has 0 aliphatic heterocycles. The molecule has 1 aromatic rings. The molecule has 1 rings (SSSR count). The standard InChI is InChI=1S/C13H15NO4/c1-2-7-14(8-9-15)12(16)10-5-3-4-6-11(10)13(17)18/h2-6,15H,1,7-9H2,(H,17,18). The molecule has 0 radical (unpaired) electrons. The molecule has 0 spiro atoms. The molecule has 5 nitrogen and oxygen atoms in total. The van der Waals surface area contributed by atoms with Crippen LogP contribution in [0.3, 0.4) is 0 Å². The van der Waals surface area contributed by atoms with Crippen LogP contribution in [0.15, 0.2) is 36.9 Å². The highest BCUT2D eigenvalue weighted by Gasteiger charge is 2.20. The van der Waals surface area contributed by atoms with E-state index in [1.54, 1.807) is 12.1 Å². The van der Waals surface area contributed by atoms with Crippen molar-refractivity contribution in [2.24, 2.45) is 0 Å². The zero-order valence-corrected chi connectivity index (χ0v) is 9.87. The highest BCUT2D eigenvalue weighted by molar-refractivity contribution is 6.04. The smallest absolute Gasteiger partial charge is 0.336 e. The molecule has 0 fully saturated rings. The summed E-state index contributed by atoms with van der Waals surface area (Å²) in [5, 5.41) is 17.9. The molecule has 0 bridgehead atoms. The average Bonchev–Trinajstić information content (AvgIpc) is 2.37. The van der Waals surface area contributed by atoms with Gasteiger partial charge in [0.25, 0.3) is 5.91 Å². The predicted molar refractivity (Wildman–Crippen MR) is 66.6 cm³/mol. The van der Waals surface area contributed by atoms with Gasteiger partial charge in [0.1, 0.15) is 0 Å². The van der Waals surface area contributed by atoms with Crippen molar-refractivity contribution < 1.29 is 19.8 Å². The number of carboxylic acids is 1. The molecule has 0 aliphatic carbocycles. The lowest BCUT2D eigenvalue weighted by atomic mass is 10.1. The number of rotatable bonds is 6. The lowest BCUT2D eigenvalue weighted by molar-refractivity contribution is 0.0673. The minimum absolute atomic E-state index is 0.0468. The van der Waals surface area contributed by atoms with Gasteiger partial charge in [-0.05, 0) is 12.1 Å². The molecule has 0 aliphatic rings. The molecule has 2 N–H and O–H groups in total. The largest absolute Gasteiger partial charge is 0.478 e. The SMILES string of the molecule is C=CCN(CCO)C(=O)c1ccccc1C(=O)O. The number of aliphatic hydroxyl groups excluding tert-OH is 1. The summed E-state index contributed by atoms with van der Waals surface area (Å²) in [7, 11) is 0. The highest BCUT2D eigenvalue weighted by Crippen LogP contribution is 2.12. The van der Waals surface area contributed by atoms with E-state index >= 15 is 0 Å². The van der Waals surface area contributed by atoms with Crippen LogP contribution in [0.25, 0.3) is 0 Å². The fourth-order valence-electron chi connectivity index (χ4n) is 1.58. The topological polar surface area (TPSA) is 77.8 Å². The van der Waals surface area contributed by atoms with Gasteiger partial charge in [-0.2, -0.15) is 0 Å². The van der Waals surface area contributed by atoms with E-state index in [0.29, 0.717) is 0 Å². The zero-order valence-electron chi connectivity index (χ0n) is 9.87. The third kappa shape index (κ3) is 3.18. The Morgan fingerprint density at radius 3 is 2.39 bits per heavy atom. The normalized spacial score (nSPS) is 9.83. The number of aliphatic hydroxyl groups is 1. The summed E-state index contributed by atoms with van der Waals surface area (Å²) in [6, 6.07) is 5.99. The first-order valence-electron chi connectivity index (χ1n) is 5.45. The Bertz CT molecular complexity index is 456. The number of aromatic carboxylic acids is 1. The summed E-state index contributed by atoms with van der Waals surface area (Å²) in [5.74, 6) is -1.58. The molecule has 1 amide bonds. The summed E-state index contributed by atoms with van der Waals surface area (Å²) < 4.78 is 0. The van der Waals surface area contributed by atoms with E-state index in [2.05, 4.69) is 6.58 Å². The molecular formula is C13H15NO4. The van der Waals surface area contributed by atoms with Crippen LogP contribution in [0.1, 0.15) is 20.7 Å². The van der Waals surface area contributed by atoms with Gasteiger partial charge in [0.15, 0.2) is 0 Å². The second-order valence-corrected chi connectivity index (χ2v) is 3.61. The molecule has 0 saturated heterocycles. The van der Waals surface area contributed by atoms with E-state index in [-0.39, 0.29) is 30.8 Å². The number of hydrogen-bond acceptors (Lipinski definition) is 3. The van der Waals surface area contributed by atoms with E-state index in [0.717, 1.165) is 0 Å². The van der Waals surface area contributed by atoms with Gasteiger partial charge in [0, 0.05) is 13.1 Å². The third-order valence-electron chi connectivity index (χ3n) is 2.39. The second kappa shape index (κ2) is 6.56. The van der Waals surface area contributed by atoms with Gasteiger partial charge >= 0.3 is 5.97 Å². The number of amides is 1. The van der Waals surface area contributed by atoms with Gasteiger partial charge < -0.3 is 15.1 Å². The number of nitrogens with zero attached hydrogens (tertiary/aromatic N) is 1. The summed E-state index contributed by atoms with van der Waals surface area (Å²) >= 11 is 0. The Hall–Kier alpha value is -2.14. The van der Waals surface area contributed by atoms with Crippen LogP contribution in [0.4, 0.5) is 0 Å². The van der Waals surface area contributed by atoms with Crippen molar-refractivity contribution in [2.45, 2.75) is 0 Å². The van der Waals surface area contributed by atoms with Gasteiger partial charge in [-0.3, -0.25) is 4.79 Å². The minimum atomic E-state index is -1.15. The Morgan fingerprint density at radius 2 is 1.89 bits per heavy atom. The second-order valence-electron chi connectivity index (χ2n) is 3.61. The van der Waals surface area contributed by atoms with Crippen LogP contribution in [0.5, 0.6) is 0 Å². The van der Waals surface area contributed by atoms with E-state index in [9.17, 15) is 9.59 Å². The lowest BCUT2D eigenvalue weighted by Crippen LogP contribution is -2.34. The molecule has 0 saturated carbocycles. The quantitative estimate of drug-likeness (QED) is 0.737. The van der Waals surface area contributed by atoms with Gasteiger partial charge in [-0.1, -0.05) is 18.2 Å². The summed E-state index contributed by atoms with van der Waals surface area (Å²) in [6.45, 7) is 3.73. The maximum absolute atomic E-state index is 12.2. The fourth-order valence-corrected chi connectivity index (χ4v) is 1.58. The molecular weight excluding hydrogens is 234 g/mol. The van der Waals surface area contributed by atoms with Crippen molar-refractivity contribution in [1.82, 2.24) is 4.90 Å². The van der Waals surface area contributed by atoms with Gasteiger partial charge in [0.2, 0.25) is 0 Å². The number of carbonyl (C=O) groups excluding carboxylic acids is 1. The van der Waals surface area contributed by atoms with Gasteiger partial charge in [-0.25, -0.2) is 4.79 Å². The number of hydrogen-bond donors (Lipinski definition) is 2. The Labute approximate surface area is 105 Å². The van der Waals surface area contributed by atoms with E-state index in [1.807, 2.05) is 0 Å². The van der Waals surface area contributed by atoms with Crippen molar-refractivity contribution in [2.75, 3.05) is 19.7 Å². The van der Waals surface area contributed by atoms with Crippen molar-refractivity contribution in [1.29, 1.82) is 0 Å². The Balaban J connectivity index is 3.07. The summed E-state index contributed by atoms with van der Waals surface area (Å²) in [4.78, 5) is 24.5. The first kappa shape index (κ1) is 13.9. The van der Waals surface area contributed by atoms with Gasteiger partial charge in [-0.15, -0.1) is 6.58 Å². The summed E-state index contributed by atoms with van der Waals surface area (Å²) in [6.07, 6.45) is 1.52. The first-order chi connectivity index (χ1) is 8.61. The van der Waals surface area contributed by atoms with Crippen molar-refractivity contribution in [3.63, 3.8) is 0 Å². The van der Waals surface area contributed by atoms with Crippen molar-refractivity contribution >= 4 is 11.9 Å². The molecule has 96 valence electrons.